The maximum absolute atomic E-state index is 11.8. The van der Waals surface area contributed by atoms with Crippen molar-refractivity contribution >= 4 is 17.2 Å². The van der Waals surface area contributed by atoms with E-state index in [-0.39, 0.29) is 5.91 Å². The molecule has 1 aliphatic heterocycles. The van der Waals surface area contributed by atoms with Crippen molar-refractivity contribution in [2.24, 2.45) is 0 Å². The first-order chi connectivity index (χ1) is 11.6. The number of hydrogen-bond donors (Lipinski definition) is 0. The number of amides is 1. The second-order valence-corrected chi connectivity index (χ2v) is 7.88. The van der Waals surface area contributed by atoms with Crippen LogP contribution in [0.3, 0.4) is 0 Å². The van der Waals surface area contributed by atoms with Crippen LogP contribution in [0.4, 0.5) is 0 Å². The molecule has 7 heteroatoms. The zero-order valence-electron chi connectivity index (χ0n) is 14.2. The first-order valence-corrected chi connectivity index (χ1v) is 9.38. The molecule has 2 aromatic rings. The van der Waals surface area contributed by atoms with Crippen LogP contribution in [-0.4, -0.2) is 50.9 Å². The summed E-state index contributed by atoms with van der Waals surface area (Å²) in [7, 11) is 3.56. The van der Waals surface area contributed by atoms with E-state index in [1.807, 2.05) is 6.33 Å². The standard InChI is InChI=1S/C17H23N5OS/c1-20(2)17(23)7-16-19-12(10-24-16)8-21-6-5-15-14(9-21)18-11-22(15)13-3-4-13/h10-11,13H,3-9H2,1-2H3. The third-order valence-electron chi connectivity index (χ3n) is 4.75. The van der Waals surface area contributed by atoms with Crippen LogP contribution in [0, 0.1) is 0 Å². The zero-order chi connectivity index (χ0) is 16.7. The monoisotopic (exact) mass is 345 g/mol. The number of nitrogens with zero attached hydrogens (tertiary/aromatic N) is 5. The summed E-state index contributed by atoms with van der Waals surface area (Å²) in [5, 5.41) is 2.98. The third kappa shape index (κ3) is 3.23. The smallest absolute Gasteiger partial charge is 0.228 e. The van der Waals surface area contributed by atoms with Crippen molar-refractivity contribution in [3.05, 3.63) is 33.8 Å². The number of rotatable bonds is 5. The number of thiazole rings is 1. The van der Waals surface area contributed by atoms with Crippen LogP contribution >= 0.6 is 11.3 Å². The van der Waals surface area contributed by atoms with Gasteiger partial charge < -0.3 is 9.47 Å². The summed E-state index contributed by atoms with van der Waals surface area (Å²) in [6.07, 6.45) is 6.11. The summed E-state index contributed by atoms with van der Waals surface area (Å²) in [5.74, 6) is 0.101. The first kappa shape index (κ1) is 15.8. The fourth-order valence-corrected chi connectivity index (χ4v) is 3.98. The average Bonchev–Trinajstić information content (AvgIpc) is 3.17. The molecule has 0 unspecified atom stereocenters. The van der Waals surface area contributed by atoms with E-state index in [2.05, 4.69) is 24.8 Å². The SMILES string of the molecule is CN(C)C(=O)Cc1nc(CN2CCc3c(ncn3C3CC3)C2)cs1. The van der Waals surface area contributed by atoms with Crippen molar-refractivity contribution in [1.82, 2.24) is 24.3 Å². The summed E-state index contributed by atoms with van der Waals surface area (Å²) in [5.41, 5.74) is 3.72. The molecule has 1 saturated carbocycles. The zero-order valence-corrected chi connectivity index (χ0v) is 15.1. The number of carbonyl (C=O) groups is 1. The second kappa shape index (κ2) is 6.29. The molecule has 0 saturated heterocycles. The number of hydrogen-bond acceptors (Lipinski definition) is 5. The van der Waals surface area contributed by atoms with Gasteiger partial charge in [-0.2, -0.15) is 0 Å². The number of fused-ring (bicyclic) bond motifs is 1. The van der Waals surface area contributed by atoms with Crippen molar-refractivity contribution < 1.29 is 4.79 Å². The van der Waals surface area contributed by atoms with Crippen LogP contribution in [0.2, 0.25) is 0 Å². The highest BCUT2D eigenvalue weighted by atomic mass is 32.1. The Morgan fingerprint density at radius 3 is 3.00 bits per heavy atom. The average molecular weight is 345 g/mol. The molecule has 3 heterocycles. The molecule has 0 atom stereocenters. The lowest BCUT2D eigenvalue weighted by atomic mass is 10.1. The highest BCUT2D eigenvalue weighted by molar-refractivity contribution is 7.09. The van der Waals surface area contributed by atoms with Crippen LogP contribution in [0.25, 0.3) is 0 Å². The molecule has 6 nitrogen and oxygen atoms in total. The number of likely N-dealkylation sites (N-methyl/N-ethyl adjacent to an activating group) is 1. The molecular weight excluding hydrogens is 322 g/mol. The highest BCUT2D eigenvalue weighted by Crippen LogP contribution is 2.37. The summed E-state index contributed by atoms with van der Waals surface area (Å²) in [6, 6.07) is 0.711. The quantitative estimate of drug-likeness (QED) is 0.830. The molecule has 1 fully saturated rings. The molecular formula is C17H23N5OS. The lowest BCUT2D eigenvalue weighted by molar-refractivity contribution is -0.127. The van der Waals surface area contributed by atoms with Gasteiger partial charge in [-0.25, -0.2) is 9.97 Å². The summed E-state index contributed by atoms with van der Waals surface area (Å²) < 4.78 is 2.39. The first-order valence-electron chi connectivity index (χ1n) is 8.50. The molecule has 24 heavy (non-hydrogen) atoms. The molecule has 0 radical (unpaired) electrons. The third-order valence-corrected chi connectivity index (χ3v) is 5.65. The minimum absolute atomic E-state index is 0.101. The molecule has 2 aromatic heterocycles. The maximum Gasteiger partial charge on any atom is 0.228 e. The van der Waals surface area contributed by atoms with Crippen LogP contribution in [0.15, 0.2) is 11.7 Å². The van der Waals surface area contributed by atoms with E-state index in [0.717, 1.165) is 36.8 Å². The van der Waals surface area contributed by atoms with E-state index in [4.69, 9.17) is 0 Å². The predicted molar refractivity (Wildman–Crippen MR) is 92.8 cm³/mol. The normalized spacial score (nSPS) is 17.8. The lowest BCUT2D eigenvalue weighted by Crippen LogP contribution is -2.31. The molecule has 0 spiro atoms. The van der Waals surface area contributed by atoms with E-state index in [1.54, 1.807) is 30.3 Å². The van der Waals surface area contributed by atoms with E-state index >= 15 is 0 Å². The largest absolute Gasteiger partial charge is 0.348 e. The van der Waals surface area contributed by atoms with E-state index in [9.17, 15) is 4.79 Å². The van der Waals surface area contributed by atoms with E-state index in [1.165, 1.54) is 24.2 Å². The van der Waals surface area contributed by atoms with Gasteiger partial charge in [0.1, 0.15) is 5.01 Å². The van der Waals surface area contributed by atoms with Gasteiger partial charge in [-0.05, 0) is 12.8 Å². The topological polar surface area (TPSA) is 54.3 Å². The van der Waals surface area contributed by atoms with Gasteiger partial charge in [0.05, 0.1) is 24.1 Å². The van der Waals surface area contributed by atoms with Gasteiger partial charge in [0.25, 0.3) is 0 Å². The fourth-order valence-electron chi connectivity index (χ4n) is 3.21. The Morgan fingerprint density at radius 1 is 1.42 bits per heavy atom. The Balaban J connectivity index is 1.38. The Kier molecular flexibility index (Phi) is 4.14. The van der Waals surface area contributed by atoms with Crippen molar-refractivity contribution in [2.75, 3.05) is 20.6 Å². The summed E-state index contributed by atoms with van der Waals surface area (Å²) in [6.45, 7) is 2.79. The van der Waals surface area contributed by atoms with Crippen molar-refractivity contribution in [3.63, 3.8) is 0 Å². The number of aromatic nitrogens is 3. The van der Waals surface area contributed by atoms with Gasteiger partial charge in [0.15, 0.2) is 0 Å². The number of imidazole rings is 1. The van der Waals surface area contributed by atoms with Gasteiger partial charge in [-0.3, -0.25) is 9.69 Å². The Bertz CT molecular complexity index is 746. The minimum Gasteiger partial charge on any atom is -0.348 e. The van der Waals surface area contributed by atoms with E-state index < -0.39 is 0 Å². The van der Waals surface area contributed by atoms with Crippen molar-refractivity contribution in [3.8, 4) is 0 Å². The van der Waals surface area contributed by atoms with Crippen LogP contribution < -0.4 is 0 Å². The molecule has 0 N–H and O–H groups in total. The Morgan fingerprint density at radius 2 is 2.25 bits per heavy atom. The van der Waals surface area contributed by atoms with Gasteiger partial charge >= 0.3 is 0 Å². The minimum atomic E-state index is 0.101. The van der Waals surface area contributed by atoms with Crippen molar-refractivity contribution in [1.29, 1.82) is 0 Å². The molecule has 0 aromatic carbocycles. The van der Waals surface area contributed by atoms with Gasteiger partial charge in [0.2, 0.25) is 5.91 Å². The van der Waals surface area contributed by atoms with Gasteiger partial charge in [0, 0.05) is 57.3 Å². The molecule has 0 bridgehead atoms. The van der Waals surface area contributed by atoms with E-state index in [0.29, 0.717) is 12.5 Å². The Labute approximate surface area is 146 Å². The molecule has 4 rings (SSSR count). The second-order valence-electron chi connectivity index (χ2n) is 6.93. The Hall–Kier alpha value is -1.73. The van der Waals surface area contributed by atoms with Crippen molar-refractivity contribution in [2.45, 2.75) is 44.8 Å². The molecule has 128 valence electrons. The number of carbonyl (C=O) groups excluding carboxylic acids is 1. The predicted octanol–water partition coefficient (Wildman–Crippen LogP) is 1.86. The molecule has 2 aliphatic rings. The molecule has 1 amide bonds. The molecule has 1 aliphatic carbocycles. The van der Waals surface area contributed by atoms with Gasteiger partial charge in [-0.1, -0.05) is 0 Å². The summed E-state index contributed by atoms with van der Waals surface area (Å²) in [4.78, 5) is 25.1. The fraction of sp³-hybridized carbons (Fsp3) is 0.588. The van der Waals surface area contributed by atoms with Gasteiger partial charge in [-0.15, -0.1) is 11.3 Å². The summed E-state index contributed by atoms with van der Waals surface area (Å²) >= 11 is 1.58. The van der Waals surface area contributed by atoms with Crippen LogP contribution in [0.5, 0.6) is 0 Å². The maximum atomic E-state index is 11.8. The highest BCUT2D eigenvalue weighted by Gasteiger charge is 2.29. The van der Waals surface area contributed by atoms with Crippen LogP contribution in [-0.2, 0) is 30.7 Å². The lowest BCUT2D eigenvalue weighted by Gasteiger charge is -2.26. The van der Waals surface area contributed by atoms with Crippen LogP contribution in [0.1, 0.15) is 41.0 Å².